The van der Waals surface area contributed by atoms with Gasteiger partial charge in [-0.05, 0) is 30.7 Å². The van der Waals surface area contributed by atoms with Crippen molar-refractivity contribution >= 4 is 31.7 Å². The lowest BCUT2D eigenvalue weighted by molar-refractivity contribution is -0.136. The number of benzene rings is 1. The Bertz CT molecular complexity index is 995. The number of hydrogen-bond acceptors (Lipinski definition) is 6. The van der Waals surface area contributed by atoms with Crippen LogP contribution in [0.1, 0.15) is 16.8 Å². The SMILES string of the molecule is CN(C)S(=O)(=O)c1ccc(C(=O)N2CCN(C(=O)C3CCS(=O)(=O)C3)CC2)cc1. The maximum Gasteiger partial charge on any atom is 0.253 e. The summed E-state index contributed by atoms with van der Waals surface area (Å²) in [5.74, 6) is -0.895. The summed E-state index contributed by atoms with van der Waals surface area (Å²) in [6, 6.07) is 5.78. The molecule has 3 rings (SSSR count). The molecule has 2 saturated heterocycles. The fourth-order valence-corrected chi connectivity index (χ4v) is 6.18. The van der Waals surface area contributed by atoms with Gasteiger partial charge in [0.2, 0.25) is 15.9 Å². The van der Waals surface area contributed by atoms with Crippen LogP contribution in [0.3, 0.4) is 0 Å². The van der Waals surface area contributed by atoms with E-state index in [1.54, 1.807) is 9.80 Å². The number of carbonyl (C=O) groups excluding carboxylic acids is 2. The summed E-state index contributed by atoms with van der Waals surface area (Å²) < 4.78 is 48.5. The van der Waals surface area contributed by atoms with Gasteiger partial charge in [0.15, 0.2) is 9.84 Å². The number of rotatable bonds is 4. The molecule has 2 aliphatic rings. The molecule has 0 bridgehead atoms. The van der Waals surface area contributed by atoms with Crippen LogP contribution in [-0.2, 0) is 24.7 Å². The lowest BCUT2D eigenvalue weighted by Crippen LogP contribution is -2.52. The molecule has 2 fully saturated rings. The summed E-state index contributed by atoms with van der Waals surface area (Å²) in [6.07, 6.45) is 0.364. The van der Waals surface area contributed by atoms with E-state index in [0.717, 1.165) is 4.31 Å². The lowest BCUT2D eigenvalue weighted by Gasteiger charge is -2.36. The van der Waals surface area contributed by atoms with Crippen molar-refractivity contribution in [3.05, 3.63) is 29.8 Å². The van der Waals surface area contributed by atoms with E-state index in [9.17, 15) is 26.4 Å². The van der Waals surface area contributed by atoms with Crippen molar-refractivity contribution in [1.29, 1.82) is 0 Å². The van der Waals surface area contributed by atoms with E-state index < -0.39 is 25.8 Å². The smallest absolute Gasteiger partial charge is 0.253 e. The molecule has 2 heterocycles. The number of carbonyl (C=O) groups is 2. The molecule has 160 valence electrons. The standard InChI is InChI=1S/C18H25N3O6S2/c1-19(2)29(26,27)16-5-3-14(4-6-16)17(22)20-8-10-21(11-9-20)18(23)15-7-12-28(24,25)13-15/h3-6,15H,7-13H2,1-2H3. The molecule has 0 spiro atoms. The number of sulfonamides is 1. The third-order valence-corrected chi connectivity index (χ3v) is 8.94. The Morgan fingerprint density at radius 2 is 1.55 bits per heavy atom. The number of piperazine rings is 1. The second-order valence-corrected chi connectivity index (χ2v) is 11.9. The van der Waals surface area contributed by atoms with Crippen LogP contribution < -0.4 is 0 Å². The molecule has 1 unspecified atom stereocenters. The first-order valence-corrected chi connectivity index (χ1v) is 12.6. The molecular weight excluding hydrogens is 418 g/mol. The van der Waals surface area contributed by atoms with Gasteiger partial charge in [0.25, 0.3) is 5.91 Å². The van der Waals surface area contributed by atoms with E-state index in [-0.39, 0.29) is 28.2 Å². The molecule has 0 aromatic heterocycles. The van der Waals surface area contributed by atoms with Crippen molar-refractivity contribution in [2.75, 3.05) is 51.8 Å². The molecule has 1 aromatic carbocycles. The van der Waals surface area contributed by atoms with E-state index in [1.807, 2.05) is 0 Å². The molecule has 1 aromatic rings. The van der Waals surface area contributed by atoms with Crippen LogP contribution in [0.5, 0.6) is 0 Å². The number of amides is 2. The summed E-state index contributed by atoms with van der Waals surface area (Å²) in [7, 11) is -3.79. The molecule has 0 N–H and O–H groups in total. The first-order chi connectivity index (χ1) is 13.5. The maximum absolute atomic E-state index is 12.7. The van der Waals surface area contributed by atoms with E-state index in [2.05, 4.69) is 0 Å². The Kier molecular flexibility index (Phi) is 6.02. The average Bonchev–Trinajstić information content (AvgIpc) is 3.06. The van der Waals surface area contributed by atoms with Gasteiger partial charge in [0, 0.05) is 45.8 Å². The summed E-state index contributed by atoms with van der Waals surface area (Å²) >= 11 is 0. The summed E-state index contributed by atoms with van der Waals surface area (Å²) in [6.45, 7) is 1.41. The normalized spacial score (nSPS) is 22.1. The van der Waals surface area contributed by atoms with Crippen LogP contribution in [0.15, 0.2) is 29.2 Å². The van der Waals surface area contributed by atoms with Crippen molar-refractivity contribution in [3.63, 3.8) is 0 Å². The van der Waals surface area contributed by atoms with Crippen molar-refractivity contribution < 1.29 is 26.4 Å². The van der Waals surface area contributed by atoms with E-state index in [4.69, 9.17) is 0 Å². The second-order valence-electron chi connectivity index (χ2n) is 7.53. The van der Waals surface area contributed by atoms with Gasteiger partial charge < -0.3 is 9.80 Å². The predicted molar refractivity (Wildman–Crippen MR) is 107 cm³/mol. The van der Waals surface area contributed by atoms with Gasteiger partial charge in [-0.1, -0.05) is 0 Å². The fraction of sp³-hybridized carbons (Fsp3) is 0.556. The van der Waals surface area contributed by atoms with Crippen molar-refractivity contribution in [2.45, 2.75) is 11.3 Å². The summed E-state index contributed by atoms with van der Waals surface area (Å²) in [4.78, 5) is 28.6. The van der Waals surface area contributed by atoms with Crippen LogP contribution in [-0.4, -0.2) is 94.5 Å². The van der Waals surface area contributed by atoms with Crippen LogP contribution in [0, 0.1) is 5.92 Å². The highest BCUT2D eigenvalue weighted by Crippen LogP contribution is 2.22. The van der Waals surface area contributed by atoms with Crippen molar-refractivity contribution in [1.82, 2.24) is 14.1 Å². The molecule has 0 aliphatic carbocycles. The van der Waals surface area contributed by atoms with Gasteiger partial charge in [-0.15, -0.1) is 0 Å². The van der Waals surface area contributed by atoms with Gasteiger partial charge in [-0.3, -0.25) is 9.59 Å². The summed E-state index contributed by atoms with van der Waals surface area (Å²) in [5, 5.41) is 0. The fourth-order valence-electron chi connectivity index (χ4n) is 3.54. The van der Waals surface area contributed by atoms with Gasteiger partial charge in [0.05, 0.1) is 22.3 Å². The minimum atomic E-state index is -3.56. The van der Waals surface area contributed by atoms with Crippen LogP contribution >= 0.6 is 0 Å². The van der Waals surface area contributed by atoms with Crippen LogP contribution in [0.2, 0.25) is 0 Å². The van der Waals surface area contributed by atoms with E-state index >= 15 is 0 Å². The van der Waals surface area contributed by atoms with Crippen molar-refractivity contribution in [2.24, 2.45) is 5.92 Å². The zero-order chi connectivity index (χ0) is 21.4. The maximum atomic E-state index is 12.7. The number of sulfone groups is 1. The Balaban J connectivity index is 1.60. The Hall–Kier alpha value is -1.98. The Morgan fingerprint density at radius 3 is 2.03 bits per heavy atom. The lowest BCUT2D eigenvalue weighted by atomic mass is 10.1. The van der Waals surface area contributed by atoms with E-state index in [0.29, 0.717) is 38.2 Å². The number of nitrogens with zero attached hydrogens (tertiary/aromatic N) is 3. The Morgan fingerprint density at radius 1 is 1.00 bits per heavy atom. The average molecular weight is 444 g/mol. The third kappa shape index (κ3) is 4.62. The zero-order valence-corrected chi connectivity index (χ0v) is 18.1. The van der Waals surface area contributed by atoms with Crippen LogP contribution in [0.4, 0.5) is 0 Å². The van der Waals surface area contributed by atoms with Crippen molar-refractivity contribution in [3.8, 4) is 0 Å². The highest BCUT2D eigenvalue weighted by Gasteiger charge is 2.36. The molecule has 2 amide bonds. The Labute approximate surface area is 171 Å². The van der Waals surface area contributed by atoms with Crippen LogP contribution in [0.25, 0.3) is 0 Å². The molecule has 0 saturated carbocycles. The molecule has 29 heavy (non-hydrogen) atoms. The quantitative estimate of drug-likeness (QED) is 0.629. The molecule has 1 atom stereocenters. The van der Waals surface area contributed by atoms with Gasteiger partial charge in [-0.25, -0.2) is 21.1 Å². The van der Waals surface area contributed by atoms with E-state index in [1.165, 1.54) is 38.4 Å². The minimum Gasteiger partial charge on any atom is -0.339 e. The predicted octanol–water partition coefficient (Wildman–Crippen LogP) is -0.344. The highest BCUT2D eigenvalue weighted by molar-refractivity contribution is 7.91. The minimum absolute atomic E-state index is 0.0569. The zero-order valence-electron chi connectivity index (χ0n) is 16.4. The second kappa shape index (κ2) is 8.04. The summed E-state index contributed by atoms with van der Waals surface area (Å²) in [5.41, 5.74) is 0.379. The molecular formula is C18H25N3O6S2. The highest BCUT2D eigenvalue weighted by atomic mass is 32.2. The number of hydrogen-bond donors (Lipinski definition) is 0. The first kappa shape index (κ1) is 21.7. The molecule has 0 radical (unpaired) electrons. The molecule has 11 heteroatoms. The molecule has 2 aliphatic heterocycles. The van der Waals surface area contributed by atoms with Gasteiger partial charge in [-0.2, -0.15) is 0 Å². The van der Waals surface area contributed by atoms with Gasteiger partial charge in [0.1, 0.15) is 0 Å². The van der Waals surface area contributed by atoms with Gasteiger partial charge >= 0.3 is 0 Å². The first-order valence-electron chi connectivity index (χ1n) is 9.32. The largest absolute Gasteiger partial charge is 0.339 e. The monoisotopic (exact) mass is 443 g/mol. The topological polar surface area (TPSA) is 112 Å². The third-order valence-electron chi connectivity index (χ3n) is 5.34. The molecule has 9 nitrogen and oxygen atoms in total.